The monoisotopic (exact) mass is 605 g/mol. The Hall–Kier alpha value is -1.62. The molecule has 37 heavy (non-hydrogen) atoms. The molecule has 0 spiro atoms. The van der Waals surface area contributed by atoms with Crippen LogP contribution in [-0.2, 0) is 14.3 Å². The molecule has 0 saturated heterocycles. The van der Waals surface area contributed by atoms with Crippen LogP contribution in [0.4, 0.5) is 14.5 Å². The van der Waals surface area contributed by atoms with E-state index in [2.05, 4.69) is 17.4 Å². The van der Waals surface area contributed by atoms with E-state index in [9.17, 15) is 18.4 Å². The number of nitrogen functional groups attached to an aromatic ring is 1. The first-order valence-corrected chi connectivity index (χ1v) is 11.9. The van der Waals surface area contributed by atoms with E-state index in [0.717, 1.165) is 10.1 Å². The molecule has 3 rings (SSSR count). The molecule has 3 aromatic rings. The fourth-order valence-corrected chi connectivity index (χ4v) is 3.66. The number of fused-ring (bicyclic) bond motifs is 1. The van der Waals surface area contributed by atoms with Gasteiger partial charge in [-0.05, 0) is 50.2 Å². The maximum absolute atomic E-state index is 12.5. The summed E-state index contributed by atoms with van der Waals surface area (Å²) < 4.78 is 38.3. The van der Waals surface area contributed by atoms with Crippen LogP contribution in [0.3, 0.4) is 0 Å². The van der Waals surface area contributed by atoms with Gasteiger partial charge in [-0.1, -0.05) is 23.2 Å². The average molecular weight is 606 g/mol. The number of carbonyl (C=O) groups excluding carboxylic acids is 2. The number of thiol groups is 1. The fraction of sp³-hybridized carbons (Fsp3) is 0.261. The molecule has 0 aliphatic heterocycles. The van der Waals surface area contributed by atoms with Crippen molar-refractivity contribution in [1.82, 2.24) is 0 Å². The van der Waals surface area contributed by atoms with Gasteiger partial charge in [-0.15, -0.1) is 11.3 Å². The van der Waals surface area contributed by atoms with Crippen LogP contribution in [0.5, 0.6) is 0 Å². The van der Waals surface area contributed by atoms with Gasteiger partial charge in [-0.2, -0.15) is 17.9 Å². The minimum atomic E-state index is -1.00. The predicted octanol–water partition coefficient (Wildman–Crippen LogP) is 3.56. The summed E-state index contributed by atoms with van der Waals surface area (Å²) >= 11 is 16.3. The number of carbonyl (C=O) groups is 2. The molecule has 7 nitrogen and oxygen atoms in total. The molecule has 1 aromatic heterocycles. The van der Waals surface area contributed by atoms with Gasteiger partial charge in [0, 0.05) is 20.1 Å². The van der Waals surface area contributed by atoms with E-state index in [1.807, 2.05) is 6.07 Å². The third kappa shape index (κ3) is 14.2. The first-order valence-electron chi connectivity index (χ1n) is 10.4. The summed E-state index contributed by atoms with van der Waals surface area (Å²) in [6.07, 6.45) is 0. The number of benzene rings is 2. The molecule has 0 saturated carbocycles. The maximum Gasteiger partial charge on any atom is 1.00 e. The molecule has 2 aromatic carbocycles. The SMILES string of the molecule is CCOC(=O)CS.CCOC(=O)c1sc2ccc(Cl)cc2c1N.N#Cc1cc(Cl)ccc1F.[2H]CF.[Na+].[OH-]. The number of halogens is 4. The van der Waals surface area contributed by atoms with Gasteiger partial charge < -0.3 is 20.7 Å². The summed E-state index contributed by atoms with van der Waals surface area (Å²) in [5.74, 6) is -0.997. The molecule has 0 fully saturated rings. The Kier molecular flexibility index (Phi) is 22.7. The van der Waals surface area contributed by atoms with Crippen LogP contribution in [0.2, 0.25) is 10.0 Å². The molecule has 0 aliphatic rings. The van der Waals surface area contributed by atoms with E-state index in [4.69, 9.17) is 40.3 Å². The molecule has 0 aliphatic carbocycles. The minimum Gasteiger partial charge on any atom is -0.870 e. The number of thiophene rings is 1. The number of hydrogen-bond acceptors (Lipinski definition) is 9. The van der Waals surface area contributed by atoms with Gasteiger partial charge in [0.05, 0.1) is 38.7 Å². The summed E-state index contributed by atoms with van der Waals surface area (Å²) in [6.45, 7) is 4.31. The fourth-order valence-electron chi connectivity index (χ4n) is 2.23. The van der Waals surface area contributed by atoms with Crippen molar-refractivity contribution in [2.45, 2.75) is 13.8 Å². The van der Waals surface area contributed by atoms with E-state index in [0.29, 0.717) is 33.8 Å². The van der Waals surface area contributed by atoms with Gasteiger partial charge >= 0.3 is 41.5 Å². The van der Waals surface area contributed by atoms with Gasteiger partial charge in [0.1, 0.15) is 16.8 Å². The molecule has 0 amide bonds. The molecule has 0 atom stereocenters. The Labute approximate surface area is 257 Å². The van der Waals surface area contributed by atoms with Crippen molar-refractivity contribution in [3.8, 4) is 6.07 Å². The van der Waals surface area contributed by atoms with E-state index in [1.165, 1.54) is 29.5 Å². The molecular weight excluding hydrogens is 580 g/mol. The van der Waals surface area contributed by atoms with Crippen LogP contribution in [0.15, 0.2) is 36.4 Å². The third-order valence-electron chi connectivity index (χ3n) is 3.63. The number of anilines is 1. The van der Waals surface area contributed by atoms with Crippen LogP contribution < -0.4 is 35.3 Å². The first-order chi connectivity index (χ1) is 17.1. The number of hydrogen-bond donors (Lipinski definition) is 2. The van der Waals surface area contributed by atoms with Gasteiger partial charge in [-0.25, -0.2) is 9.18 Å². The molecule has 198 valence electrons. The Morgan fingerprint density at radius 3 is 2.16 bits per heavy atom. The van der Waals surface area contributed by atoms with Crippen molar-refractivity contribution in [3.63, 3.8) is 0 Å². The van der Waals surface area contributed by atoms with E-state index < -0.39 is 13.0 Å². The van der Waals surface area contributed by atoms with Gasteiger partial charge in [-0.3, -0.25) is 9.18 Å². The second-order valence-electron chi connectivity index (χ2n) is 5.90. The number of esters is 2. The first kappa shape index (κ1) is 37.5. The van der Waals surface area contributed by atoms with Crippen molar-refractivity contribution in [2.75, 3.05) is 31.9 Å². The zero-order valence-electron chi connectivity index (χ0n) is 21.3. The topological polar surface area (TPSA) is 132 Å². The molecule has 14 heteroatoms. The Balaban J connectivity index is -0.000000483. The maximum atomic E-state index is 12.5. The second kappa shape index (κ2) is 22.4. The third-order valence-corrected chi connectivity index (χ3v) is 5.53. The van der Waals surface area contributed by atoms with Crippen molar-refractivity contribution in [3.05, 3.63) is 62.7 Å². The number of nitrogens with zero attached hydrogens (tertiary/aromatic N) is 1. The number of rotatable bonds is 4. The van der Waals surface area contributed by atoms with E-state index in [-0.39, 0.29) is 58.3 Å². The molecule has 0 radical (unpaired) electrons. The zero-order chi connectivity index (χ0) is 27.7. The van der Waals surface area contributed by atoms with Crippen molar-refractivity contribution < 1.29 is 64.2 Å². The van der Waals surface area contributed by atoms with Crippen LogP contribution >= 0.6 is 47.2 Å². The average Bonchev–Trinajstić information content (AvgIpc) is 3.18. The second-order valence-corrected chi connectivity index (χ2v) is 8.15. The number of nitriles is 1. The van der Waals surface area contributed by atoms with Crippen molar-refractivity contribution in [2.24, 2.45) is 0 Å². The van der Waals surface area contributed by atoms with Crippen LogP contribution in [0.1, 0.15) is 30.5 Å². The molecule has 0 unspecified atom stereocenters. The molecule has 1 heterocycles. The van der Waals surface area contributed by atoms with Gasteiger partial charge in [0.15, 0.2) is 0 Å². The summed E-state index contributed by atoms with van der Waals surface area (Å²) in [6, 6.07) is 10.9. The van der Waals surface area contributed by atoms with Crippen molar-refractivity contribution in [1.29, 1.82) is 5.26 Å². The summed E-state index contributed by atoms with van der Waals surface area (Å²) in [4.78, 5) is 22.2. The molecular formula is C23H25Cl2F2N2NaO5S2. The standard InChI is InChI=1S/C11H10ClNO2S.C7H3ClFN.C4H8O2S.CH3F.Na.H2O/c1-2-15-11(14)10-9(13)7-5-6(12)3-4-8(7)16-10;8-6-1-2-7(9)5(3-6)4-10;1-2-6-4(5)3-7;1-2;;/h3-5H,2,13H2,1H3;1-3H;7H,2-3H2,1H3;1H3;;1H2/q;;;;+1;/p-1/i;;;1D;;. The number of alkyl halides is 1. The zero-order valence-corrected chi connectivity index (χ0v) is 25.5. The molecule has 3 N–H and O–H groups in total. The van der Waals surface area contributed by atoms with Crippen molar-refractivity contribution >= 4 is 74.9 Å². The Bertz CT molecular complexity index is 1190. The van der Waals surface area contributed by atoms with Crippen LogP contribution in [-0.4, -0.2) is 43.5 Å². The predicted molar refractivity (Wildman–Crippen MR) is 143 cm³/mol. The number of nitrogens with two attached hydrogens (primary N) is 1. The number of ether oxygens (including phenoxy) is 2. The van der Waals surface area contributed by atoms with E-state index in [1.54, 1.807) is 32.0 Å². The largest absolute Gasteiger partial charge is 1.00 e. The Morgan fingerprint density at radius 2 is 1.70 bits per heavy atom. The van der Waals surface area contributed by atoms with Gasteiger partial charge in [0.25, 0.3) is 0 Å². The summed E-state index contributed by atoms with van der Waals surface area (Å²) in [5, 5.41) is 10.1. The van der Waals surface area contributed by atoms with Gasteiger partial charge in [0.2, 0.25) is 0 Å². The summed E-state index contributed by atoms with van der Waals surface area (Å²) in [5.41, 5.74) is 6.31. The minimum absolute atomic E-state index is 0. The smallest absolute Gasteiger partial charge is 0.870 e. The Morgan fingerprint density at radius 1 is 1.16 bits per heavy atom. The molecule has 0 bridgehead atoms. The van der Waals surface area contributed by atoms with Crippen LogP contribution in [0.25, 0.3) is 10.1 Å². The normalized spacial score (nSPS) is 9.08. The quantitative estimate of drug-likeness (QED) is 0.264. The summed E-state index contributed by atoms with van der Waals surface area (Å²) in [7, 11) is -1.00. The van der Waals surface area contributed by atoms with Crippen LogP contribution in [0, 0.1) is 17.1 Å². The van der Waals surface area contributed by atoms with E-state index >= 15 is 0 Å².